The summed E-state index contributed by atoms with van der Waals surface area (Å²) in [5.41, 5.74) is -4.70. The molecule has 1 amide bonds. The average molecular weight is 924 g/mol. The number of non-ortho nitro benzene ring substituents is 1. The lowest BCUT2D eigenvalue weighted by Crippen LogP contribution is -2.61. The lowest BCUT2D eigenvalue weighted by Gasteiger charge is -2.49. The minimum absolute atomic E-state index is 0.0311. The Morgan fingerprint density at radius 2 is 1.60 bits per heavy atom. The molecule has 5 N–H and O–H groups in total. The van der Waals surface area contributed by atoms with Crippen molar-refractivity contribution < 1.29 is 72.9 Å². The highest BCUT2D eigenvalue weighted by Crippen LogP contribution is 2.40. The van der Waals surface area contributed by atoms with Crippen molar-refractivity contribution in [3.05, 3.63) is 46.0 Å². The third-order valence-corrected chi connectivity index (χ3v) is 13.4. The summed E-state index contributed by atoms with van der Waals surface area (Å²) < 4.78 is 43.9. The predicted molar refractivity (Wildman–Crippen MR) is 236 cm³/mol. The smallest absolute Gasteiger partial charge is 0.331 e. The maximum absolute atomic E-state index is 14.4. The van der Waals surface area contributed by atoms with Crippen LogP contribution in [0.5, 0.6) is 0 Å². The second-order valence-corrected chi connectivity index (χ2v) is 19.2. The lowest BCUT2D eigenvalue weighted by atomic mass is 9.78. The van der Waals surface area contributed by atoms with Gasteiger partial charge in [0.25, 0.3) is 5.69 Å². The number of amides is 1. The molecule has 19 heteroatoms. The highest BCUT2D eigenvalue weighted by atomic mass is 16.7. The Hall–Kier alpha value is -3.63. The Labute approximate surface area is 382 Å². The zero-order valence-electron chi connectivity index (χ0n) is 40.0. The molecule has 0 aliphatic carbocycles. The molecule has 0 radical (unpaired) electrons. The average Bonchev–Trinajstić information content (AvgIpc) is 3.23. The van der Waals surface area contributed by atoms with Crippen molar-refractivity contribution in [1.82, 2.24) is 10.2 Å². The number of cyclic esters (lactones) is 1. The van der Waals surface area contributed by atoms with Gasteiger partial charge in [0.1, 0.15) is 23.4 Å². The van der Waals surface area contributed by atoms with Crippen LogP contribution in [0.15, 0.2) is 30.3 Å². The molecular formula is C46H73N3O16. The van der Waals surface area contributed by atoms with Gasteiger partial charge in [0.05, 0.1) is 52.9 Å². The van der Waals surface area contributed by atoms with E-state index >= 15 is 0 Å². The number of hydrogen-bond acceptors (Lipinski definition) is 17. The molecule has 65 heavy (non-hydrogen) atoms. The first-order valence-corrected chi connectivity index (χ1v) is 22.5. The number of nitrogens with zero attached hydrogens (tertiary/aromatic N) is 2. The third kappa shape index (κ3) is 12.9. The number of benzene rings is 1. The fourth-order valence-electron chi connectivity index (χ4n) is 9.52. The van der Waals surface area contributed by atoms with Crippen LogP contribution in [0.2, 0.25) is 0 Å². The normalized spacial score (nSPS) is 41.5. The number of rotatable bonds is 11. The Balaban J connectivity index is 1.74. The number of nitro benzene ring substituents is 1. The number of esters is 2. The lowest BCUT2D eigenvalue weighted by molar-refractivity contribution is -0.384. The van der Waals surface area contributed by atoms with Gasteiger partial charge in [0, 0.05) is 49.7 Å². The van der Waals surface area contributed by atoms with Crippen LogP contribution in [0.1, 0.15) is 100 Å². The Kier molecular flexibility index (Phi) is 18.3. The van der Waals surface area contributed by atoms with Gasteiger partial charge in [-0.2, -0.15) is 0 Å². The highest BCUT2D eigenvalue weighted by molar-refractivity contribution is 5.87. The number of ether oxygens (including phenoxy) is 7. The van der Waals surface area contributed by atoms with E-state index in [1.807, 2.05) is 25.9 Å². The number of likely N-dealkylation sites (N-methyl/N-ethyl adjacent to an activating group) is 1. The summed E-state index contributed by atoms with van der Waals surface area (Å²) in [5, 5.41) is 61.2. The summed E-state index contributed by atoms with van der Waals surface area (Å²) in [5.74, 6) is -5.46. The van der Waals surface area contributed by atoms with Gasteiger partial charge in [-0.1, -0.05) is 20.8 Å². The Bertz CT molecular complexity index is 1810. The van der Waals surface area contributed by atoms with E-state index in [1.165, 1.54) is 64.3 Å². The molecule has 0 unspecified atom stereocenters. The van der Waals surface area contributed by atoms with Gasteiger partial charge in [-0.3, -0.25) is 19.7 Å². The van der Waals surface area contributed by atoms with Crippen LogP contribution in [0, 0.1) is 27.9 Å². The van der Waals surface area contributed by atoms with Crippen molar-refractivity contribution in [2.45, 2.75) is 185 Å². The largest absolute Gasteiger partial charge is 0.459 e. The number of hydrogen-bond donors (Lipinski definition) is 5. The van der Waals surface area contributed by atoms with Crippen molar-refractivity contribution in [2.75, 3.05) is 21.2 Å². The van der Waals surface area contributed by atoms with Crippen molar-refractivity contribution >= 4 is 29.6 Å². The molecule has 3 aliphatic heterocycles. The SMILES string of the molecule is CC[C@H]1OC(=O)[C@H](C)[C@@H](O[C@H]2C[C@@](C)(OC)[C@@H](OC(=O)/C=C/c3ccc([N+](=O)[O-])cc3)[C@H](C)O2)[C@H](C)[C@@H](O[C@@H]2O[C@H](C)C[C@H](N(C)C)[C@H]2O)[C@](C)(O)C[C@@H](C)NC(=O)[C@H](C)[C@@H](O)[C@]1(C)O. The number of carbonyl (C=O) groups is 3. The standard InChI is InChI=1S/C46H73N3O16/c1-14-33-46(10,56)38(52)28(6)41(53)47-24(2)22-44(8,55)39(65-43-36(51)32(48(11)12)21-25(3)60-43)26(4)37(27(5)42(54)62-33)64-35-23-45(9,59-13)40(29(7)61-35)63-34(50)20-17-30-15-18-31(19-16-30)49(57)58/h15-20,24-29,32-33,35-40,43,51-52,55-56H,14,21-23H2,1-13H3,(H,47,53)/b20-17+/t24-,25-,26+,27-,28-,29+,32+,33-,35+,36-,37+,38-,39-,40+,43+,44-,45-,46-/m1/s1. The van der Waals surface area contributed by atoms with E-state index in [-0.39, 0.29) is 37.1 Å². The zero-order chi connectivity index (χ0) is 48.9. The fraction of sp³-hybridized carbons (Fsp3) is 0.761. The van der Waals surface area contributed by atoms with Crippen LogP contribution in [0.3, 0.4) is 0 Å². The molecule has 3 heterocycles. The summed E-state index contributed by atoms with van der Waals surface area (Å²) in [6.45, 7) is 16.1. The molecule has 0 aromatic heterocycles. The van der Waals surface area contributed by atoms with Gasteiger partial charge in [0.15, 0.2) is 18.7 Å². The first-order chi connectivity index (χ1) is 30.2. The van der Waals surface area contributed by atoms with E-state index in [9.17, 15) is 44.9 Å². The van der Waals surface area contributed by atoms with Crippen molar-refractivity contribution in [2.24, 2.45) is 17.8 Å². The summed E-state index contributed by atoms with van der Waals surface area (Å²) in [6.07, 6.45) is -8.08. The molecular weight excluding hydrogens is 851 g/mol. The topological polar surface area (TPSA) is 255 Å². The van der Waals surface area contributed by atoms with Gasteiger partial charge in [0.2, 0.25) is 5.91 Å². The van der Waals surface area contributed by atoms with Crippen LogP contribution < -0.4 is 5.32 Å². The predicted octanol–water partition coefficient (Wildman–Crippen LogP) is 3.26. The van der Waals surface area contributed by atoms with E-state index in [0.717, 1.165) is 0 Å². The quantitative estimate of drug-likeness (QED) is 0.0924. The third-order valence-electron chi connectivity index (χ3n) is 13.4. The van der Waals surface area contributed by atoms with Gasteiger partial charge in [-0.15, -0.1) is 0 Å². The number of nitrogens with one attached hydrogen (secondary N) is 1. The van der Waals surface area contributed by atoms with Crippen molar-refractivity contribution in [3.8, 4) is 0 Å². The molecule has 3 fully saturated rings. The van der Waals surface area contributed by atoms with Crippen molar-refractivity contribution in [1.29, 1.82) is 0 Å². The first-order valence-electron chi connectivity index (χ1n) is 22.5. The first kappa shape index (κ1) is 54.0. The summed E-state index contributed by atoms with van der Waals surface area (Å²) in [4.78, 5) is 53.5. The molecule has 368 valence electrons. The molecule has 19 nitrogen and oxygen atoms in total. The number of methoxy groups -OCH3 is 1. The Morgan fingerprint density at radius 3 is 2.17 bits per heavy atom. The van der Waals surface area contributed by atoms with Gasteiger partial charge in [-0.05, 0) is 106 Å². The van der Waals surface area contributed by atoms with E-state index in [0.29, 0.717) is 12.0 Å². The molecule has 0 bridgehead atoms. The van der Waals surface area contributed by atoms with E-state index in [1.54, 1.807) is 41.5 Å². The molecule has 1 aromatic rings. The molecule has 1 aromatic carbocycles. The molecule has 18 atom stereocenters. The minimum atomic E-state index is -2.08. The molecule has 0 spiro atoms. The summed E-state index contributed by atoms with van der Waals surface area (Å²) in [7, 11) is 5.10. The number of aliphatic hydroxyl groups excluding tert-OH is 2. The van der Waals surface area contributed by atoms with Crippen LogP contribution in [0.4, 0.5) is 5.69 Å². The summed E-state index contributed by atoms with van der Waals surface area (Å²) >= 11 is 0. The fourth-order valence-corrected chi connectivity index (χ4v) is 9.52. The van der Waals surface area contributed by atoms with Crippen LogP contribution in [-0.2, 0) is 47.5 Å². The second-order valence-electron chi connectivity index (χ2n) is 19.2. The molecule has 0 saturated carbocycles. The van der Waals surface area contributed by atoms with Crippen LogP contribution >= 0.6 is 0 Å². The molecule has 3 aliphatic rings. The van der Waals surface area contributed by atoms with Crippen LogP contribution in [-0.4, -0.2) is 160 Å². The molecule has 4 rings (SSSR count). The zero-order valence-corrected chi connectivity index (χ0v) is 40.0. The highest BCUT2D eigenvalue weighted by Gasteiger charge is 2.54. The molecule has 3 saturated heterocycles. The van der Waals surface area contributed by atoms with E-state index in [4.69, 9.17) is 33.2 Å². The second kappa shape index (κ2) is 22.0. The maximum atomic E-state index is 14.4. The Morgan fingerprint density at radius 1 is 0.969 bits per heavy atom. The van der Waals surface area contributed by atoms with Gasteiger partial charge >= 0.3 is 11.9 Å². The number of nitro groups is 1. The number of carbonyl (C=O) groups excluding carboxylic acids is 3. The summed E-state index contributed by atoms with van der Waals surface area (Å²) in [6, 6.07) is 4.52. The minimum Gasteiger partial charge on any atom is -0.459 e. The van der Waals surface area contributed by atoms with E-state index in [2.05, 4.69) is 5.32 Å². The van der Waals surface area contributed by atoms with Crippen molar-refractivity contribution in [3.63, 3.8) is 0 Å². The number of aliphatic hydroxyl groups is 4. The monoisotopic (exact) mass is 923 g/mol. The maximum Gasteiger partial charge on any atom is 0.331 e. The van der Waals surface area contributed by atoms with Gasteiger partial charge in [-0.25, -0.2) is 4.79 Å². The van der Waals surface area contributed by atoms with Gasteiger partial charge < -0.3 is 63.8 Å². The van der Waals surface area contributed by atoms with E-state index < -0.39 is 119 Å². The van der Waals surface area contributed by atoms with Crippen LogP contribution in [0.25, 0.3) is 6.08 Å².